The molecule has 2 rings (SSSR count). The van der Waals surface area contributed by atoms with Gasteiger partial charge < -0.3 is 9.64 Å². The fourth-order valence-electron chi connectivity index (χ4n) is 2.56. The Morgan fingerprint density at radius 3 is 2.65 bits per heavy atom. The Kier molecular flexibility index (Phi) is 6.67. The molecule has 0 N–H and O–H groups in total. The average molecular weight is 311 g/mol. The first-order chi connectivity index (χ1) is 11.2. The van der Waals surface area contributed by atoms with Crippen LogP contribution in [-0.4, -0.2) is 24.0 Å². The van der Waals surface area contributed by atoms with Gasteiger partial charge in [-0.3, -0.25) is 0 Å². The Morgan fingerprint density at radius 2 is 2.00 bits per heavy atom. The minimum absolute atomic E-state index is 0.281. The Morgan fingerprint density at radius 1 is 1.22 bits per heavy atom. The van der Waals surface area contributed by atoms with Crippen LogP contribution >= 0.6 is 0 Å². The molecule has 3 heteroatoms. The molecule has 0 heterocycles. The van der Waals surface area contributed by atoms with E-state index < -0.39 is 0 Å². The molecule has 0 atom stereocenters. The Balaban J connectivity index is 2.14. The zero-order chi connectivity index (χ0) is 16.5. The van der Waals surface area contributed by atoms with Gasteiger partial charge in [-0.25, -0.2) is 4.79 Å². The fourth-order valence-corrected chi connectivity index (χ4v) is 2.56. The lowest BCUT2D eigenvalue weighted by molar-refractivity contribution is -0.137. The lowest BCUT2D eigenvalue weighted by Gasteiger charge is -2.27. The first kappa shape index (κ1) is 17.1. The molecule has 1 aliphatic carbocycles. The van der Waals surface area contributed by atoms with E-state index in [9.17, 15) is 4.79 Å². The van der Waals surface area contributed by atoms with Gasteiger partial charge in [-0.15, -0.1) is 0 Å². The van der Waals surface area contributed by atoms with Gasteiger partial charge in [0, 0.05) is 24.9 Å². The quantitative estimate of drug-likeness (QED) is 0.557. The van der Waals surface area contributed by atoms with E-state index in [-0.39, 0.29) is 5.97 Å². The zero-order valence-electron chi connectivity index (χ0n) is 14.0. The summed E-state index contributed by atoms with van der Waals surface area (Å²) in [6.07, 6.45) is 10.4. The van der Waals surface area contributed by atoms with Crippen molar-refractivity contribution in [2.24, 2.45) is 0 Å². The highest BCUT2D eigenvalue weighted by Gasteiger charge is 2.11. The summed E-state index contributed by atoms with van der Waals surface area (Å²) >= 11 is 0. The van der Waals surface area contributed by atoms with Crippen molar-refractivity contribution in [2.75, 3.05) is 13.2 Å². The maximum absolute atomic E-state index is 11.7. The summed E-state index contributed by atoms with van der Waals surface area (Å²) in [6, 6.07) is 10.3. The van der Waals surface area contributed by atoms with Crippen LogP contribution in [-0.2, 0) is 16.1 Å². The van der Waals surface area contributed by atoms with E-state index in [1.807, 2.05) is 32.0 Å². The zero-order valence-corrected chi connectivity index (χ0v) is 14.0. The molecule has 0 amide bonds. The van der Waals surface area contributed by atoms with E-state index in [2.05, 4.69) is 35.3 Å². The second-order valence-corrected chi connectivity index (χ2v) is 5.64. The largest absolute Gasteiger partial charge is 0.463 e. The van der Waals surface area contributed by atoms with Crippen LogP contribution in [0.15, 0.2) is 65.9 Å². The third kappa shape index (κ3) is 5.78. The number of esters is 1. The van der Waals surface area contributed by atoms with Crippen LogP contribution in [0.25, 0.3) is 0 Å². The topological polar surface area (TPSA) is 29.5 Å². The summed E-state index contributed by atoms with van der Waals surface area (Å²) in [5, 5.41) is 0. The van der Waals surface area contributed by atoms with Crippen molar-refractivity contribution in [2.45, 2.75) is 33.2 Å². The lowest BCUT2D eigenvalue weighted by Crippen LogP contribution is -2.24. The molecule has 0 unspecified atom stereocenters. The van der Waals surface area contributed by atoms with Crippen molar-refractivity contribution < 1.29 is 9.53 Å². The van der Waals surface area contributed by atoms with Crippen molar-refractivity contribution >= 4 is 5.97 Å². The van der Waals surface area contributed by atoms with Gasteiger partial charge in [0.25, 0.3) is 0 Å². The van der Waals surface area contributed by atoms with Crippen LogP contribution < -0.4 is 0 Å². The SMILES string of the molecule is CCOC(=O)/C=C(/C)N(CC1=CCCC=C1)Cc1ccccc1. The molecule has 1 aromatic rings. The van der Waals surface area contributed by atoms with Gasteiger partial charge in [0.1, 0.15) is 0 Å². The summed E-state index contributed by atoms with van der Waals surface area (Å²) in [5.74, 6) is -0.281. The minimum Gasteiger partial charge on any atom is -0.463 e. The smallest absolute Gasteiger partial charge is 0.332 e. The number of carbonyl (C=O) groups is 1. The van der Waals surface area contributed by atoms with Crippen molar-refractivity contribution in [1.82, 2.24) is 4.90 Å². The van der Waals surface area contributed by atoms with E-state index in [1.165, 1.54) is 11.1 Å². The Hall–Kier alpha value is -2.29. The molecule has 0 spiro atoms. The maximum atomic E-state index is 11.7. The Bertz CT molecular complexity index is 599. The molecular weight excluding hydrogens is 286 g/mol. The minimum atomic E-state index is -0.281. The highest BCUT2D eigenvalue weighted by Crippen LogP contribution is 2.17. The van der Waals surface area contributed by atoms with Gasteiger partial charge in [-0.1, -0.05) is 48.6 Å². The molecule has 0 saturated carbocycles. The fraction of sp³-hybridized carbons (Fsp3) is 0.350. The molecule has 1 aliphatic rings. The van der Waals surface area contributed by atoms with Gasteiger partial charge in [0.15, 0.2) is 0 Å². The van der Waals surface area contributed by atoms with E-state index in [4.69, 9.17) is 4.74 Å². The van der Waals surface area contributed by atoms with Crippen LogP contribution in [0, 0.1) is 0 Å². The van der Waals surface area contributed by atoms with Gasteiger partial charge in [-0.05, 0) is 37.8 Å². The monoisotopic (exact) mass is 311 g/mol. The summed E-state index contributed by atoms with van der Waals surface area (Å²) in [7, 11) is 0. The van der Waals surface area contributed by atoms with Crippen LogP contribution in [0.4, 0.5) is 0 Å². The predicted octanol–water partition coefficient (Wildman–Crippen LogP) is 4.23. The van der Waals surface area contributed by atoms with Crippen LogP contribution in [0.1, 0.15) is 32.3 Å². The van der Waals surface area contributed by atoms with E-state index in [0.717, 1.165) is 31.6 Å². The number of nitrogens with zero attached hydrogens (tertiary/aromatic N) is 1. The number of rotatable bonds is 7. The molecule has 1 aromatic carbocycles. The van der Waals surface area contributed by atoms with E-state index in [0.29, 0.717) is 6.61 Å². The second kappa shape index (κ2) is 8.99. The molecular formula is C20H25NO2. The molecule has 0 aromatic heterocycles. The van der Waals surface area contributed by atoms with E-state index >= 15 is 0 Å². The molecule has 0 fully saturated rings. The number of hydrogen-bond acceptors (Lipinski definition) is 3. The Labute approximate surface area is 139 Å². The second-order valence-electron chi connectivity index (χ2n) is 5.64. The normalized spacial score (nSPS) is 14.3. The highest BCUT2D eigenvalue weighted by atomic mass is 16.5. The number of carbonyl (C=O) groups excluding carboxylic acids is 1. The van der Waals surface area contributed by atoms with Crippen molar-refractivity contribution in [3.63, 3.8) is 0 Å². The molecule has 3 nitrogen and oxygen atoms in total. The molecule has 0 aliphatic heterocycles. The first-order valence-electron chi connectivity index (χ1n) is 8.18. The van der Waals surface area contributed by atoms with Gasteiger partial charge in [-0.2, -0.15) is 0 Å². The molecule has 0 radical (unpaired) electrons. The van der Waals surface area contributed by atoms with Crippen molar-refractivity contribution in [3.8, 4) is 0 Å². The number of allylic oxidation sites excluding steroid dienone is 3. The maximum Gasteiger partial charge on any atom is 0.332 e. The first-order valence-corrected chi connectivity index (χ1v) is 8.18. The van der Waals surface area contributed by atoms with Gasteiger partial charge in [0.2, 0.25) is 0 Å². The molecule has 0 saturated heterocycles. The average Bonchev–Trinajstić information content (AvgIpc) is 2.56. The third-order valence-corrected chi connectivity index (χ3v) is 3.77. The highest BCUT2D eigenvalue weighted by molar-refractivity contribution is 5.82. The van der Waals surface area contributed by atoms with Crippen LogP contribution in [0.5, 0.6) is 0 Å². The summed E-state index contributed by atoms with van der Waals surface area (Å²) in [5.41, 5.74) is 3.44. The standard InChI is InChI=1S/C20H25NO2/c1-3-23-20(22)14-17(2)21(15-18-10-6-4-7-11-18)16-19-12-8-5-9-13-19/h4,6-8,10-14H,3,5,9,15-16H2,1-2H3/b17-14-. The molecule has 0 bridgehead atoms. The predicted molar refractivity (Wildman–Crippen MR) is 93.7 cm³/mol. The number of hydrogen-bond donors (Lipinski definition) is 0. The van der Waals surface area contributed by atoms with Crippen LogP contribution in [0.2, 0.25) is 0 Å². The molecule has 122 valence electrons. The number of ether oxygens (including phenoxy) is 1. The van der Waals surface area contributed by atoms with E-state index in [1.54, 1.807) is 6.08 Å². The summed E-state index contributed by atoms with van der Waals surface area (Å²) < 4.78 is 5.03. The van der Waals surface area contributed by atoms with Crippen molar-refractivity contribution in [3.05, 3.63) is 71.5 Å². The van der Waals surface area contributed by atoms with Gasteiger partial charge in [0.05, 0.1) is 6.61 Å². The summed E-state index contributed by atoms with van der Waals surface area (Å²) in [4.78, 5) is 14.0. The van der Waals surface area contributed by atoms with Crippen LogP contribution in [0.3, 0.4) is 0 Å². The summed E-state index contributed by atoms with van der Waals surface area (Å²) in [6.45, 7) is 5.75. The third-order valence-electron chi connectivity index (χ3n) is 3.77. The van der Waals surface area contributed by atoms with Crippen molar-refractivity contribution in [1.29, 1.82) is 0 Å². The number of benzene rings is 1. The molecule has 23 heavy (non-hydrogen) atoms. The van der Waals surface area contributed by atoms with Gasteiger partial charge >= 0.3 is 5.97 Å². The lowest BCUT2D eigenvalue weighted by atomic mass is 10.1.